The van der Waals surface area contributed by atoms with Crippen LogP contribution in [0.3, 0.4) is 0 Å². The Balaban J connectivity index is 2.01. The van der Waals surface area contributed by atoms with Gasteiger partial charge in [-0.05, 0) is 26.6 Å². The topological polar surface area (TPSA) is 16.4 Å². The fraction of sp³-hybridized carbons (Fsp3) is 0.200. The van der Waals surface area contributed by atoms with E-state index in [1.807, 2.05) is 24.3 Å². The first-order valence-corrected chi connectivity index (χ1v) is 7.62. The molecule has 0 atom stereocenters. The average Bonchev–Trinajstić information content (AvgIpc) is 2.99. The lowest BCUT2D eigenvalue weighted by Gasteiger charge is -2.08. The van der Waals surface area contributed by atoms with Crippen molar-refractivity contribution in [2.75, 3.05) is 20.6 Å². The summed E-state index contributed by atoms with van der Waals surface area (Å²) in [5.74, 6) is 1.93. The minimum atomic E-state index is 0.938. The molecule has 2 heteroatoms. The van der Waals surface area contributed by atoms with Crippen molar-refractivity contribution in [3.63, 3.8) is 0 Å². The van der Waals surface area contributed by atoms with Crippen LogP contribution in [0.4, 0.5) is 0 Å². The molecular formula is C20H21NO. The van der Waals surface area contributed by atoms with Crippen molar-refractivity contribution in [1.29, 1.82) is 0 Å². The molecule has 0 unspecified atom stereocenters. The molecule has 0 aliphatic rings. The van der Waals surface area contributed by atoms with Gasteiger partial charge < -0.3 is 9.32 Å². The maximum absolute atomic E-state index is 6.20. The maximum atomic E-state index is 6.20. The summed E-state index contributed by atoms with van der Waals surface area (Å²) in [5.41, 5.74) is 3.52. The lowest BCUT2D eigenvalue weighted by molar-refractivity contribution is 0.413. The molecule has 3 rings (SSSR count). The van der Waals surface area contributed by atoms with Crippen LogP contribution in [0.1, 0.15) is 5.56 Å². The number of benzene rings is 2. The van der Waals surface area contributed by atoms with Gasteiger partial charge in [-0.3, -0.25) is 0 Å². The second-order valence-corrected chi connectivity index (χ2v) is 5.75. The first kappa shape index (κ1) is 14.6. The number of rotatable bonds is 5. The second kappa shape index (κ2) is 6.63. The summed E-state index contributed by atoms with van der Waals surface area (Å²) in [6.07, 6.45) is 0.980. The summed E-state index contributed by atoms with van der Waals surface area (Å²) in [7, 11) is 4.20. The molecule has 3 aromatic rings. The van der Waals surface area contributed by atoms with Gasteiger partial charge in [0.25, 0.3) is 0 Å². The largest absolute Gasteiger partial charge is 0.456 e. The molecule has 112 valence electrons. The van der Waals surface area contributed by atoms with E-state index in [0.29, 0.717) is 0 Å². The average molecular weight is 291 g/mol. The molecule has 0 aliphatic heterocycles. The van der Waals surface area contributed by atoms with E-state index in [9.17, 15) is 0 Å². The van der Waals surface area contributed by atoms with Gasteiger partial charge in [0.15, 0.2) is 0 Å². The summed E-state index contributed by atoms with van der Waals surface area (Å²) in [6, 6.07) is 22.8. The van der Waals surface area contributed by atoms with E-state index in [1.165, 1.54) is 5.56 Å². The monoisotopic (exact) mass is 291 g/mol. The van der Waals surface area contributed by atoms with Gasteiger partial charge in [0, 0.05) is 23.2 Å². The lowest BCUT2D eigenvalue weighted by Crippen LogP contribution is -2.15. The van der Waals surface area contributed by atoms with Gasteiger partial charge in [-0.2, -0.15) is 0 Å². The number of hydrogen-bond donors (Lipinski definition) is 0. The Bertz CT molecular complexity index is 714. The van der Waals surface area contributed by atoms with Crippen LogP contribution in [0, 0.1) is 0 Å². The number of hydrogen-bond acceptors (Lipinski definition) is 2. The van der Waals surface area contributed by atoms with Crippen LogP contribution in [-0.2, 0) is 6.42 Å². The molecule has 2 nitrogen and oxygen atoms in total. The van der Waals surface area contributed by atoms with Crippen LogP contribution < -0.4 is 0 Å². The molecule has 0 amide bonds. The van der Waals surface area contributed by atoms with E-state index in [4.69, 9.17) is 4.42 Å². The number of furan rings is 1. The van der Waals surface area contributed by atoms with Crippen molar-refractivity contribution in [2.24, 2.45) is 0 Å². The molecule has 0 spiro atoms. The third-order valence-electron chi connectivity index (χ3n) is 3.73. The highest BCUT2D eigenvalue weighted by Crippen LogP contribution is 2.32. The molecule has 1 heterocycles. The summed E-state index contributed by atoms with van der Waals surface area (Å²) in [6.45, 7) is 1.01. The summed E-state index contributed by atoms with van der Waals surface area (Å²) >= 11 is 0. The lowest BCUT2D eigenvalue weighted by atomic mass is 10.1. The van der Waals surface area contributed by atoms with Gasteiger partial charge in [0.05, 0.1) is 0 Å². The van der Waals surface area contributed by atoms with Crippen molar-refractivity contribution < 1.29 is 4.42 Å². The van der Waals surface area contributed by atoms with Gasteiger partial charge in [-0.25, -0.2) is 0 Å². The van der Waals surface area contributed by atoms with Gasteiger partial charge >= 0.3 is 0 Å². The molecule has 0 N–H and O–H groups in total. The number of likely N-dealkylation sites (N-methyl/N-ethyl adjacent to an activating group) is 1. The minimum Gasteiger partial charge on any atom is -0.456 e. The summed E-state index contributed by atoms with van der Waals surface area (Å²) in [5, 5.41) is 0. The Hall–Kier alpha value is -2.32. The molecule has 0 radical (unpaired) electrons. The fourth-order valence-electron chi connectivity index (χ4n) is 2.54. The van der Waals surface area contributed by atoms with Crippen LogP contribution in [0.2, 0.25) is 0 Å². The van der Waals surface area contributed by atoms with Crippen LogP contribution in [-0.4, -0.2) is 25.5 Å². The van der Waals surface area contributed by atoms with Crippen LogP contribution in [0.15, 0.2) is 71.1 Å². The molecule has 0 saturated heterocycles. The van der Waals surface area contributed by atoms with E-state index in [1.54, 1.807) is 0 Å². The zero-order valence-corrected chi connectivity index (χ0v) is 13.1. The fourth-order valence-corrected chi connectivity index (χ4v) is 2.54. The normalized spacial score (nSPS) is 11.0. The Morgan fingerprint density at radius 3 is 2.00 bits per heavy atom. The quantitative estimate of drug-likeness (QED) is 0.676. The molecule has 22 heavy (non-hydrogen) atoms. The van der Waals surface area contributed by atoms with Crippen molar-refractivity contribution in [1.82, 2.24) is 4.90 Å². The Morgan fingerprint density at radius 1 is 0.818 bits per heavy atom. The summed E-state index contributed by atoms with van der Waals surface area (Å²) < 4.78 is 6.20. The highest BCUT2D eigenvalue weighted by molar-refractivity contribution is 5.68. The third-order valence-corrected chi connectivity index (χ3v) is 3.73. The first-order valence-electron chi connectivity index (χ1n) is 7.62. The third kappa shape index (κ3) is 3.29. The Morgan fingerprint density at radius 2 is 1.41 bits per heavy atom. The predicted octanol–water partition coefficient (Wildman–Crippen LogP) is 4.72. The van der Waals surface area contributed by atoms with E-state index in [-0.39, 0.29) is 0 Å². The van der Waals surface area contributed by atoms with Gasteiger partial charge in [-0.15, -0.1) is 0 Å². The molecule has 0 aliphatic carbocycles. The molecule has 0 saturated carbocycles. The van der Waals surface area contributed by atoms with Gasteiger partial charge in [-0.1, -0.05) is 60.7 Å². The van der Waals surface area contributed by atoms with Gasteiger partial charge in [0.1, 0.15) is 11.5 Å². The van der Waals surface area contributed by atoms with Crippen LogP contribution in [0.25, 0.3) is 22.6 Å². The second-order valence-electron chi connectivity index (χ2n) is 5.75. The first-order chi connectivity index (χ1) is 10.7. The van der Waals surface area contributed by atoms with Crippen molar-refractivity contribution in [3.05, 3.63) is 72.3 Å². The molecule has 1 aromatic heterocycles. The predicted molar refractivity (Wildman–Crippen MR) is 91.8 cm³/mol. The molecule has 0 fully saturated rings. The van der Waals surface area contributed by atoms with Crippen LogP contribution >= 0.6 is 0 Å². The zero-order chi connectivity index (χ0) is 15.4. The standard InChI is InChI=1S/C20H21NO/c1-21(2)14-13-18-15-19(16-9-5-3-6-10-16)22-20(18)17-11-7-4-8-12-17/h3-12,15H,13-14H2,1-2H3. The van der Waals surface area contributed by atoms with Gasteiger partial charge in [0.2, 0.25) is 0 Å². The molecular weight excluding hydrogens is 270 g/mol. The molecule has 2 aromatic carbocycles. The Kier molecular flexibility index (Phi) is 4.40. The van der Waals surface area contributed by atoms with E-state index >= 15 is 0 Å². The van der Waals surface area contributed by atoms with Crippen molar-refractivity contribution >= 4 is 0 Å². The smallest absolute Gasteiger partial charge is 0.138 e. The van der Waals surface area contributed by atoms with E-state index in [2.05, 4.69) is 61.5 Å². The van der Waals surface area contributed by atoms with E-state index < -0.39 is 0 Å². The highest BCUT2D eigenvalue weighted by atomic mass is 16.3. The summed E-state index contributed by atoms with van der Waals surface area (Å²) in [4.78, 5) is 2.20. The van der Waals surface area contributed by atoms with Crippen molar-refractivity contribution in [2.45, 2.75) is 6.42 Å². The van der Waals surface area contributed by atoms with Crippen molar-refractivity contribution in [3.8, 4) is 22.6 Å². The minimum absolute atomic E-state index is 0.938. The van der Waals surface area contributed by atoms with E-state index in [0.717, 1.165) is 35.6 Å². The Labute approximate surface area is 132 Å². The zero-order valence-electron chi connectivity index (χ0n) is 13.1. The molecule has 0 bridgehead atoms. The van der Waals surface area contributed by atoms with Crippen LogP contribution in [0.5, 0.6) is 0 Å². The number of nitrogens with zero attached hydrogens (tertiary/aromatic N) is 1. The maximum Gasteiger partial charge on any atom is 0.138 e. The highest BCUT2D eigenvalue weighted by Gasteiger charge is 2.14. The SMILES string of the molecule is CN(C)CCc1cc(-c2ccccc2)oc1-c1ccccc1.